The number of halogens is 1. The van der Waals surface area contributed by atoms with Gasteiger partial charge in [-0.1, -0.05) is 17.7 Å². The second kappa shape index (κ2) is 9.51. The van der Waals surface area contributed by atoms with E-state index in [-0.39, 0.29) is 23.3 Å². The van der Waals surface area contributed by atoms with Crippen molar-refractivity contribution >= 4 is 5.69 Å². The Morgan fingerprint density at radius 3 is 2.58 bits per heavy atom. The molecule has 0 saturated heterocycles. The topological polar surface area (TPSA) is 107 Å². The average molecular weight is 450 g/mol. The van der Waals surface area contributed by atoms with Crippen molar-refractivity contribution in [3.8, 4) is 17.4 Å². The third-order valence-corrected chi connectivity index (χ3v) is 4.88. The zero-order valence-electron chi connectivity index (χ0n) is 18.4. The molecule has 170 valence electrons. The molecule has 0 amide bonds. The van der Waals surface area contributed by atoms with Crippen LogP contribution in [0.25, 0.3) is 5.95 Å². The highest BCUT2D eigenvalue weighted by Crippen LogP contribution is 2.36. The van der Waals surface area contributed by atoms with E-state index in [1.807, 2.05) is 31.2 Å². The van der Waals surface area contributed by atoms with Crippen LogP contribution in [-0.4, -0.2) is 38.4 Å². The van der Waals surface area contributed by atoms with Crippen LogP contribution in [0, 0.1) is 12.7 Å². The molecule has 0 saturated carbocycles. The maximum Gasteiger partial charge on any atom is 0.350 e. The van der Waals surface area contributed by atoms with Crippen molar-refractivity contribution in [2.24, 2.45) is 0 Å². The molecule has 0 fully saturated rings. The van der Waals surface area contributed by atoms with Crippen molar-refractivity contribution in [1.29, 1.82) is 0 Å². The highest BCUT2D eigenvalue weighted by Gasteiger charge is 2.24. The van der Waals surface area contributed by atoms with E-state index >= 15 is 0 Å². The first-order chi connectivity index (χ1) is 16.0. The van der Waals surface area contributed by atoms with Crippen LogP contribution in [0.2, 0.25) is 0 Å². The predicted octanol–water partition coefficient (Wildman–Crippen LogP) is 3.41. The minimum atomic E-state index is -0.718. The second-order valence-corrected chi connectivity index (χ2v) is 7.19. The first kappa shape index (κ1) is 22.0. The van der Waals surface area contributed by atoms with Crippen LogP contribution in [0.1, 0.15) is 29.9 Å². The van der Waals surface area contributed by atoms with Crippen molar-refractivity contribution in [2.45, 2.75) is 19.9 Å². The van der Waals surface area contributed by atoms with Crippen LogP contribution in [-0.2, 0) is 0 Å². The van der Waals surface area contributed by atoms with E-state index < -0.39 is 17.5 Å². The molecule has 1 unspecified atom stereocenters. The summed E-state index contributed by atoms with van der Waals surface area (Å²) < 4.78 is 26.7. The maximum atomic E-state index is 14.9. The van der Waals surface area contributed by atoms with Gasteiger partial charge in [0.25, 0.3) is 5.95 Å². The molecule has 0 aliphatic rings. The third-order valence-electron chi connectivity index (χ3n) is 4.88. The molecule has 2 aromatic heterocycles. The molecule has 1 atom stereocenters. The van der Waals surface area contributed by atoms with Gasteiger partial charge in [0.05, 0.1) is 13.7 Å². The zero-order valence-corrected chi connectivity index (χ0v) is 18.4. The number of aromatic amines is 1. The largest absolute Gasteiger partial charge is 0.490 e. The van der Waals surface area contributed by atoms with Gasteiger partial charge >= 0.3 is 5.69 Å². The van der Waals surface area contributed by atoms with Crippen LogP contribution >= 0.6 is 0 Å². The van der Waals surface area contributed by atoms with Gasteiger partial charge in [-0.3, -0.25) is 4.98 Å². The van der Waals surface area contributed by atoms with E-state index in [9.17, 15) is 9.18 Å². The lowest BCUT2D eigenvalue weighted by Gasteiger charge is -2.20. The Bertz CT molecular complexity index is 1290. The molecule has 2 heterocycles. The first-order valence-corrected chi connectivity index (χ1v) is 10.3. The predicted molar refractivity (Wildman–Crippen MR) is 121 cm³/mol. The summed E-state index contributed by atoms with van der Waals surface area (Å²) in [5.74, 6) is 0.0302. The Morgan fingerprint density at radius 1 is 1.18 bits per heavy atom. The summed E-state index contributed by atoms with van der Waals surface area (Å²) >= 11 is 0. The maximum absolute atomic E-state index is 14.9. The molecule has 33 heavy (non-hydrogen) atoms. The fourth-order valence-corrected chi connectivity index (χ4v) is 3.35. The first-order valence-electron chi connectivity index (χ1n) is 10.3. The molecule has 0 radical (unpaired) electrons. The normalized spacial score (nSPS) is 11.8. The third kappa shape index (κ3) is 4.69. The lowest BCUT2D eigenvalue weighted by atomic mass is 10.0. The SMILES string of the molecule is CCOc1cc(C(Nc2ccc(C)cc2)c2nn(-c3ncccn3)c(=O)[nH]2)cc(F)c1OC. The van der Waals surface area contributed by atoms with E-state index in [1.54, 1.807) is 19.1 Å². The van der Waals surface area contributed by atoms with E-state index in [0.29, 0.717) is 12.2 Å². The van der Waals surface area contributed by atoms with Crippen molar-refractivity contribution in [3.05, 3.63) is 88.1 Å². The highest BCUT2D eigenvalue weighted by atomic mass is 19.1. The molecule has 2 aromatic carbocycles. The number of methoxy groups -OCH3 is 1. The molecular formula is C23H23FN6O3. The van der Waals surface area contributed by atoms with Crippen LogP contribution in [0.5, 0.6) is 11.5 Å². The molecular weight excluding hydrogens is 427 g/mol. The smallest absolute Gasteiger partial charge is 0.350 e. The number of nitrogens with one attached hydrogen (secondary N) is 2. The number of H-pyrrole nitrogens is 1. The standard InChI is InChI=1S/C23H23FN6O3/c1-4-33-18-13-15(12-17(24)20(18)32-3)19(27-16-8-6-14(2)7-9-16)21-28-23(31)30(29-21)22-25-10-5-11-26-22/h5-13,19,27H,4H2,1-3H3,(H,28,29,31). The molecule has 0 bridgehead atoms. The Kier molecular flexibility index (Phi) is 6.34. The van der Waals surface area contributed by atoms with Gasteiger partial charge in [0.1, 0.15) is 6.04 Å². The number of nitrogens with zero attached hydrogens (tertiary/aromatic N) is 4. The number of hydrogen-bond donors (Lipinski definition) is 2. The van der Waals surface area contributed by atoms with E-state index in [4.69, 9.17) is 9.47 Å². The van der Waals surface area contributed by atoms with Crippen LogP contribution in [0.4, 0.5) is 10.1 Å². The number of hydrogen-bond acceptors (Lipinski definition) is 7. The Labute approximate surface area is 189 Å². The molecule has 0 aliphatic heterocycles. The quantitative estimate of drug-likeness (QED) is 0.424. The summed E-state index contributed by atoms with van der Waals surface area (Å²) in [7, 11) is 1.38. The summed E-state index contributed by atoms with van der Waals surface area (Å²) in [6, 6.07) is 11.6. The lowest BCUT2D eigenvalue weighted by Crippen LogP contribution is -2.18. The molecule has 9 nitrogen and oxygen atoms in total. The minimum Gasteiger partial charge on any atom is -0.490 e. The average Bonchev–Trinajstić information content (AvgIpc) is 3.20. The van der Waals surface area contributed by atoms with Gasteiger partial charge < -0.3 is 14.8 Å². The summed E-state index contributed by atoms with van der Waals surface area (Å²) in [5.41, 5.74) is 1.80. The van der Waals surface area contributed by atoms with Crippen LogP contribution in [0.15, 0.2) is 59.7 Å². The van der Waals surface area contributed by atoms with E-state index in [1.165, 1.54) is 25.6 Å². The number of aromatic nitrogens is 5. The zero-order chi connectivity index (χ0) is 23.4. The van der Waals surface area contributed by atoms with E-state index in [0.717, 1.165) is 15.9 Å². The van der Waals surface area contributed by atoms with Gasteiger partial charge in [0.15, 0.2) is 23.1 Å². The second-order valence-electron chi connectivity index (χ2n) is 7.19. The summed E-state index contributed by atoms with van der Waals surface area (Å²) in [6.45, 7) is 4.10. The van der Waals surface area contributed by atoms with Gasteiger partial charge in [-0.2, -0.15) is 0 Å². The van der Waals surface area contributed by atoms with Gasteiger partial charge in [-0.15, -0.1) is 9.78 Å². The molecule has 10 heteroatoms. The van der Waals surface area contributed by atoms with Gasteiger partial charge in [0.2, 0.25) is 0 Å². The van der Waals surface area contributed by atoms with Gasteiger partial charge in [-0.25, -0.2) is 19.2 Å². The summed E-state index contributed by atoms with van der Waals surface area (Å²) in [5, 5.41) is 7.70. The minimum absolute atomic E-state index is 0.00592. The monoisotopic (exact) mass is 450 g/mol. The highest BCUT2D eigenvalue weighted by molar-refractivity contribution is 5.52. The Balaban J connectivity index is 1.83. The van der Waals surface area contributed by atoms with Gasteiger partial charge in [-0.05, 0) is 49.7 Å². The van der Waals surface area contributed by atoms with Crippen molar-refractivity contribution in [1.82, 2.24) is 24.7 Å². The van der Waals surface area contributed by atoms with Crippen molar-refractivity contribution < 1.29 is 13.9 Å². The van der Waals surface area contributed by atoms with Crippen LogP contribution < -0.4 is 20.5 Å². The molecule has 0 aliphatic carbocycles. The molecule has 2 N–H and O–H groups in total. The number of benzene rings is 2. The van der Waals surface area contributed by atoms with E-state index in [2.05, 4.69) is 25.4 Å². The summed E-state index contributed by atoms with van der Waals surface area (Å²) in [4.78, 5) is 23.5. The van der Waals surface area contributed by atoms with Crippen molar-refractivity contribution in [2.75, 3.05) is 19.0 Å². The number of rotatable bonds is 8. The van der Waals surface area contributed by atoms with Crippen molar-refractivity contribution in [3.63, 3.8) is 0 Å². The molecule has 4 rings (SSSR count). The Morgan fingerprint density at radius 2 is 1.91 bits per heavy atom. The summed E-state index contributed by atoms with van der Waals surface area (Å²) in [6.07, 6.45) is 3.02. The number of ether oxygens (including phenoxy) is 2. The Hall–Kier alpha value is -4.21. The van der Waals surface area contributed by atoms with Crippen LogP contribution in [0.3, 0.4) is 0 Å². The number of anilines is 1. The fraction of sp³-hybridized carbons (Fsp3) is 0.217. The van der Waals surface area contributed by atoms with Gasteiger partial charge in [0, 0.05) is 18.1 Å². The molecule has 4 aromatic rings. The molecule has 0 spiro atoms. The lowest BCUT2D eigenvalue weighted by molar-refractivity contribution is 0.301. The fourth-order valence-electron chi connectivity index (χ4n) is 3.35. The number of aryl methyl sites for hydroxylation is 1.